The van der Waals surface area contributed by atoms with E-state index in [1.165, 1.54) is 12.0 Å². The first-order chi connectivity index (χ1) is 10.2. The molecule has 7 nitrogen and oxygen atoms in total. The molecule has 110 valence electrons. The van der Waals surface area contributed by atoms with Crippen molar-refractivity contribution in [1.82, 2.24) is 10.2 Å². The molecule has 0 bridgehead atoms. The lowest BCUT2D eigenvalue weighted by Crippen LogP contribution is -2.50. The maximum absolute atomic E-state index is 12.1. The molecule has 1 aromatic carbocycles. The predicted molar refractivity (Wildman–Crippen MR) is 75.8 cm³/mol. The standard InChI is InChI=1S/C14H16N4O3/c1-21-11-4-2-3-10(9-15)12(11)17-13(19)14(20)18-7-5-16-6-8-18/h2-4,16H,5-8H2,1H3,(H,17,19). The molecule has 2 rings (SSSR count). The zero-order valence-corrected chi connectivity index (χ0v) is 11.7. The fourth-order valence-corrected chi connectivity index (χ4v) is 2.10. The molecule has 7 heteroatoms. The lowest BCUT2D eigenvalue weighted by atomic mass is 10.1. The van der Waals surface area contributed by atoms with Gasteiger partial charge in [0.15, 0.2) is 0 Å². The Labute approximate surface area is 122 Å². The third-order valence-corrected chi connectivity index (χ3v) is 3.20. The molecule has 0 radical (unpaired) electrons. The van der Waals surface area contributed by atoms with Gasteiger partial charge in [-0.25, -0.2) is 0 Å². The van der Waals surface area contributed by atoms with Gasteiger partial charge in [0, 0.05) is 26.2 Å². The quantitative estimate of drug-likeness (QED) is 0.743. The van der Waals surface area contributed by atoms with Crippen LogP contribution < -0.4 is 15.4 Å². The monoisotopic (exact) mass is 288 g/mol. The number of amides is 2. The van der Waals surface area contributed by atoms with E-state index in [-0.39, 0.29) is 11.3 Å². The summed E-state index contributed by atoms with van der Waals surface area (Å²) in [5.41, 5.74) is 0.465. The molecule has 0 spiro atoms. The number of benzene rings is 1. The number of piperazine rings is 1. The van der Waals surface area contributed by atoms with Crippen LogP contribution >= 0.6 is 0 Å². The first-order valence-corrected chi connectivity index (χ1v) is 6.55. The molecule has 1 aliphatic rings. The van der Waals surface area contributed by atoms with E-state index < -0.39 is 11.8 Å². The topological polar surface area (TPSA) is 94.5 Å². The summed E-state index contributed by atoms with van der Waals surface area (Å²) in [4.78, 5) is 25.6. The summed E-state index contributed by atoms with van der Waals surface area (Å²) < 4.78 is 5.11. The maximum Gasteiger partial charge on any atom is 0.314 e. The zero-order chi connectivity index (χ0) is 15.2. The highest BCUT2D eigenvalue weighted by Crippen LogP contribution is 2.27. The Morgan fingerprint density at radius 3 is 2.71 bits per heavy atom. The summed E-state index contributed by atoms with van der Waals surface area (Å²) in [6, 6.07) is 6.77. The third kappa shape index (κ3) is 3.30. The van der Waals surface area contributed by atoms with Gasteiger partial charge in [0.05, 0.1) is 12.7 Å². The van der Waals surface area contributed by atoms with Gasteiger partial charge in [-0.05, 0) is 12.1 Å². The first kappa shape index (κ1) is 14.8. The zero-order valence-electron chi connectivity index (χ0n) is 11.7. The molecule has 2 N–H and O–H groups in total. The van der Waals surface area contributed by atoms with Crippen LogP contribution in [0.2, 0.25) is 0 Å². The largest absolute Gasteiger partial charge is 0.495 e. The summed E-state index contributed by atoms with van der Waals surface area (Å²) >= 11 is 0. The number of para-hydroxylation sites is 1. The van der Waals surface area contributed by atoms with Crippen LogP contribution in [0.15, 0.2) is 18.2 Å². The molecule has 1 fully saturated rings. The molecule has 0 saturated carbocycles. The highest BCUT2D eigenvalue weighted by Gasteiger charge is 2.24. The molecular weight excluding hydrogens is 272 g/mol. The fourth-order valence-electron chi connectivity index (χ4n) is 2.10. The Balaban J connectivity index is 2.16. The molecule has 1 heterocycles. The maximum atomic E-state index is 12.1. The van der Waals surface area contributed by atoms with E-state index in [4.69, 9.17) is 10.00 Å². The molecule has 0 unspecified atom stereocenters. The van der Waals surface area contributed by atoms with Crippen molar-refractivity contribution in [2.45, 2.75) is 0 Å². The van der Waals surface area contributed by atoms with Crippen LogP contribution in [0.5, 0.6) is 5.75 Å². The normalized spacial score (nSPS) is 14.2. The highest BCUT2D eigenvalue weighted by atomic mass is 16.5. The van der Waals surface area contributed by atoms with E-state index >= 15 is 0 Å². The molecule has 0 atom stereocenters. The molecule has 1 saturated heterocycles. The highest BCUT2D eigenvalue weighted by molar-refractivity contribution is 6.39. The number of ether oxygens (including phenoxy) is 1. The van der Waals surface area contributed by atoms with Gasteiger partial charge in [-0.2, -0.15) is 5.26 Å². The lowest BCUT2D eigenvalue weighted by molar-refractivity contribution is -0.143. The van der Waals surface area contributed by atoms with E-state index in [0.717, 1.165) is 0 Å². The van der Waals surface area contributed by atoms with Gasteiger partial charge in [-0.1, -0.05) is 6.07 Å². The van der Waals surface area contributed by atoms with Crippen LogP contribution in [-0.4, -0.2) is 50.0 Å². The average molecular weight is 288 g/mol. The second-order valence-electron chi connectivity index (χ2n) is 4.49. The number of carbonyl (C=O) groups excluding carboxylic acids is 2. The van der Waals surface area contributed by atoms with E-state index in [9.17, 15) is 9.59 Å². The van der Waals surface area contributed by atoms with Gasteiger partial charge in [-0.15, -0.1) is 0 Å². The summed E-state index contributed by atoms with van der Waals surface area (Å²) in [7, 11) is 1.43. The van der Waals surface area contributed by atoms with Crippen LogP contribution in [0.1, 0.15) is 5.56 Å². The van der Waals surface area contributed by atoms with Crippen molar-refractivity contribution in [2.24, 2.45) is 0 Å². The van der Waals surface area contributed by atoms with Crippen LogP contribution in [0.4, 0.5) is 5.69 Å². The first-order valence-electron chi connectivity index (χ1n) is 6.55. The second-order valence-corrected chi connectivity index (χ2v) is 4.49. The second kappa shape index (κ2) is 6.72. The Kier molecular flexibility index (Phi) is 4.74. The number of nitrogens with zero attached hydrogens (tertiary/aromatic N) is 2. The van der Waals surface area contributed by atoms with Crippen LogP contribution in [0, 0.1) is 11.3 Å². The van der Waals surface area contributed by atoms with E-state index in [1.807, 2.05) is 6.07 Å². The molecule has 0 aliphatic carbocycles. The van der Waals surface area contributed by atoms with Crippen molar-refractivity contribution in [3.8, 4) is 11.8 Å². The number of anilines is 1. The van der Waals surface area contributed by atoms with Crippen LogP contribution in [0.3, 0.4) is 0 Å². The molecule has 1 aromatic rings. The Morgan fingerprint density at radius 1 is 1.38 bits per heavy atom. The molecule has 21 heavy (non-hydrogen) atoms. The van der Waals surface area contributed by atoms with E-state index in [1.54, 1.807) is 18.2 Å². The molecular formula is C14H16N4O3. The number of carbonyl (C=O) groups is 2. The summed E-state index contributed by atoms with van der Waals surface area (Å²) in [5, 5.41) is 14.7. The SMILES string of the molecule is COc1cccc(C#N)c1NC(=O)C(=O)N1CCNCC1. The molecule has 2 amide bonds. The minimum Gasteiger partial charge on any atom is -0.495 e. The Hall–Kier alpha value is -2.59. The number of rotatable bonds is 2. The summed E-state index contributed by atoms with van der Waals surface area (Å²) in [6.07, 6.45) is 0. The molecule has 1 aliphatic heterocycles. The minimum absolute atomic E-state index is 0.219. The van der Waals surface area contributed by atoms with Gasteiger partial charge in [0.1, 0.15) is 17.5 Å². The lowest BCUT2D eigenvalue weighted by Gasteiger charge is -2.26. The van der Waals surface area contributed by atoms with Crippen molar-refractivity contribution in [1.29, 1.82) is 5.26 Å². The number of nitriles is 1. The predicted octanol–water partition coefficient (Wildman–Crippen LogP) is -0.0628. The van der Waals surface area contributed by atoms with Crippen molar-refractivity contribution in [3.63, 3.8) is 0 Å². The van der Waals surface area contributed by atoms with E-state index in [2.05, 4.69) is 10.6 Å². The van der Waals surface area contributed by atoms with E-state index in [0.29, 0.717) is 31.9 Å². The number of nitrogens with one attached hydrogen (secondary N) is 2. The number of methoxy groups -OCH3 is 1. The summed E-state index contributed by atoms with van der Waals surface area (Å²) in [5.74, 6) is -1.03. The van der Waals surface area contributed by atoms with Gasteiger partial charge in [0.25, 0.3) is 0 Å². The van der Waals surface area contributed by atoms with Gasteiger partial charge in [-0.3, -0.25) is 9.59 Å². The van der Waals surface area contributed by atoms with Crippen molar-refractivity contribution < 1.29 is 14.3 Å². The van der Waals surface area contributed by atoms with Crippen molar-refractivity contribution in [2.75, 3.05) is 38.6 Å². The van der Waals surface area contributed by atoms with Gasteiger partial charge >= 0.3 is 11.8 Å². The summed E-state index contributed by atoms with van der Waals surface area (Å²) in [6.45, 7) is 2.31. The van der Waals surface area contributed by atoms with Gasteiger partial charge in [0.2, 0.25) is 0 Å². The Morgan fingerprint density at radius 2 is 2.10 bits per heavy atom. The molecule has 0 aromatic heterocycles. The van der Waals surface area contributed by atoms with Crippen molar-refractivity contribution >= 4 is 17.5 Å². The third-order valence-electron chi connectivity index (χ3n) is 3.20. The fraction of sp³-hybridized carbons (Fsp3) is 0.357. The smallest absolute Gasteiger partial charge is 0.314 e. The van der Waals surface area contributed by atoms with Crippen molar-refractivity contribution in [3.05, 3.63) is 23.8 Å². The van der Waals surface area contributed by atoms with Crippen LogP contribution in [0.25, 0.3) is 0 Å². The average Bonchev–Trinajstić information content (AvgIpc) is 2.55. The number of hydrogen-bond donors (Lipinski definition) is 2. The Bertz CT molecular complexity index is 588. The number of hydrogen-bond acceptors (Lipinski definition) is 5. The van der Waals surface area contributed by atoms with Crippen LogP contribution in [-0.2, 0) is 9.59 Å². The van der Waals surface area contributed by atoms with Gasteiger partial charge < -0.3 is 20.3 Å². The minimum atomic E-state index is -0.766.